The minimum atomic E-state index is -0.181. The highest BCUT2D eigenvalue weighted by Crippen LogP contribution is 2.41. The van der Waals surface area contributed by atoms with Gasteiger partial charge in [0.1, 0.15) is 5.78 Å². The van der Waals surface area contributed by atoms with Crippen molar-refractivity contribution in [3.8, 4) is 0 Å². The van der Waals surface area contributed by atoms with Gasteiger partial charge in [-0.2, -0.15) is 0 Å². The van der Waals surface area contributed by atoms with E-state index in [9.17, 15) is 4.79 Å². The Kier molecular flexibility index (Phi) is 5.58. The van der Waals surface area contributed by atoms with E-state index in [1.54, 1.807) is 0 Å². The molecule has 0 aliphatic carbocycles. The third kappa shape index (κ3) is 4.08. The van der Waals surface area contributed by atoms with Crippen LogP contribution in [0.5, 0.6) is 0 Å². The molecule has 27 heavy (non-hydrogen) atoms. The minimum absolute atomic E-state index is 0.0132. The first-order valence-electron chi connectivity index (χ1n) is 8.96. The van der Waals surface area contributed by atoms with Gasteiger partial charge in [0, 0.05) is 27.4 Å². The second-order valence-corrected chi connectivity index (χ2v) is 8.69. The first-order chi connectivity index (χ1) is 13.1. The van der Waals surface area contributed by atoms with Gasteiger partial charge in [-0.1, -0.05) is 86.5 Å². The number of hydrogen-bond donors (Lipinski definition) is 1. The molecule has 1 heterocycles. The molecule has 136 valence electrons. The first kappa shape index (κ1) is 18.6. The van der Waals surface area contributed by atoms with E-state index in [4.69, 9.17) is 0 Å². The van der Waals surface area contributed by atoms with Crippen LogP contribution in [0.15, 0.2) is 87.8 Å². The average Bonchev–Trinajstić information content (AvgIpc) is 2.69. The lowest BCUT2D eigenvalue weighted by Gasteiger charge is -2.37. The third-order valence-electron chi connectivity index (χ3n) is 5.13. The van der Waals surface area contributed by atoms with Crippen LogP contribution in [0.2, 0.25) is 0 Å². The van der Waals surface area contributed by atoms with E-state index in [0.717, 1.165) is 25.6 Å². The summed E-state index contributed by atoms with van der Waals surface area (Å²) in [5.74, 6) is 0.0971. The van der Waals surface area contributed by atoms with Crippen LogP contribution < -0.4 is 5.32 Å². The predicted octanol–water partition coefficient (Wildman–Crippen LogP) is 6.34. The van der Waals surface area contributed by atoms with E-state index in [2.05, 4.69) is 73.6 Å². The molecule has 3 aromatic carbocycles. The third-order valence-corrected chi connectivity index (χ3v) is 6.18. The number of carbonyl (C=O) groups is 1. The van der Waals surface area contributed by atoms with Crippen molar-refractivity contribution in [2.75, 3.05) is 0 Å². The second kappa shape index (κ2) is 8.09. The Morgan fingerprint density at radius 1 is 0.704 bits per heavy atom. The number of benzene rings is 3. The highest BCUT2D eigenvalue weighted by atomic mass is 79.9. The highest BCUT2D eigenvalue weighted by molar-refractivity contribution is 9.10. The van der Waals surface area contributed by atoms with Gasteiger partial charge in [0.2, 0.25) is 0 Å². The van der Waals surface area contributed by atoms with Crippen LogP contribution in [0, 0.1) is 0 Å². The molecule has 0 bridgehead atoms. The molecule has 1 N–H and O–H groups in total. The summed E-state index contributed by atoms with van der Waals surface area (Å²) in [5.41, 5.74) is 3.33. The predicted molar refractivity (Wildman–Crippen MR) is 116 cm³/mol. The summed E-state index contributed by atoms with van der Waals surface area (Å²) in [6.45, 7) is 0. The van der Waals surface area contributed by atoms with E-state index < -0.39 is 0 Å². The van der Waals surface area contributed by atoms with Crippen molar-refractivity contribution in [3.63, 3.8) is 0 Å². The number of hydrogen-bond acceptors (Lipinski definition) is 2. The van der Waals surface area contributed by atoms with Gasteiger partial charge in [-0.15, -0.1) is 0 Å². The zero-order valence-corrected chi connectivity index (χ0v) is 17.8. The molecule has 0 amide bonds. The molecule has 1 saturated heterocycles. The van der Waals surface area contributed by atoms with Crippen molar-refractivity contribution < 1.29 is 4.79 Å². The molecule has 1 fully saturated rings. The maximum atomic E-state index is 13.2. The van der Waals surface area contributed by atoms with Gasteiger partial charge in [0.25, 0.3) is 0 Å². The lowest BCUT2D eigenvalue weighted by molar-refractivity contribution is -0.123. The largest absolute Gasteiger partial charge is 0.302 e. The Balaban J connectivity index is 1.73. The summed E-state index contributed by atoms with van der Waals surface area (Å²) < 4.78 is 2.08. The fourth-order valence-electron chi connectivity index (χ4n) is 3.79. The maximum absolute atomic E-state index is 13.2. The Morgan fingerprint density at radius 2 is 1.26 bits per heavy atom. The quantitative estimate of drug-likeness (QED) is 0.469. The Bertz CT molecular complexity index is 923. The number of rotatable bonds is 3. The molecule has 0 saturated carbocycles. The van der Waals surface area contributed by atoms with Crippen LogP contribution in [-0.4, -0.2) is 5.78 Å². The van der Waals surface area contributed by atoms with Crippen LogP contribution in [0.4, 0.5) is 0 Å². The topological polar surface area (TPSA) is 29.1 Å². The molecule has 3 aromatic rings. The van der Waals surface area contributed by atoms with Gasteiger partial charge in [-0.25, -0.2) is 0 Å². The Hall–Kier alpha value is -1.75. The average molecular weight is 485 g/mol. The summed E-state index contributed by atoms with van der Waals surface area (Å²) in [4.78, 5) is 13.2. The van der Waals surface area contributed by atoms with Crippen molar-refractivity contribution in [2.24, 2.45) is 0 Å². The molecule has 3 atom stereocenters. The van der Waals surface area contributed by atoms with Crippen molar-refractivity contribution in [1.82, 2.24) is 5.32 Å². The number of nitrogens with one attached hydrogen (secondary N) is 1. The van der Waals surface area contributed by atoms with E-state index in [0.29, 0.717) is 6.42 Å². The highest BCUT2D eigenvalue weighted by Gasteiger charge is 2.38. The number of piperidine rings is 1. The molecule has 0 unspecified atom stereocenters. The second-order valence-electron chi connectivity index (χ2n) is 6.86. The van der Waals surface area contributed by atoms with Crippen molar-refractivity contribution in [1.29, 1.82) is 0 Å². The van der Waals surface area contributed by atoms with Crippen molar-refractivity contribution in [3.05, 3.63) is 104 Å². The summed E-state index contributed by atoms with van der Waals surface area (Å²) in [7, 11) is 0. The molecular formula is C23H19Br2NO. The summed E-state index contributed by atoms with van der Waals surface area (Å²) in [6.07, 6.45) is 0.494. The van der Waals surface area contributed by atoms with Crippen LogP contribution in [-0.2, 0) is 4.79 Å². The molecule has 4 rings (SSSR count). The number of carbonyl (C=O) groups excluding carboxylic acids is 1. The van der Waals surface area contributed by atoms with Crippen LogP contribution in [0.3, 0.4) is 0 Å². The van der Waals surface area contributed by atoms with E-state index >= 15 is 0 Å². The molecule has 1 aliphatic rings. The van der Waals surface area contributed by atoms with Crippen molar-refractivity contribution >= 4 is 37.6 Å². The molecule has 0 aromatic heterocycles. The van der Waals surface area contributed by atoms with Crippen LogP contribution in [0.25, 0.3) is 0 Å². The summed E-state index contributed by atoms with van der Waals surface area (Å²) >= 11 is 6.99. The lowest BCUT2D eigenvalue weighted by Crippen LogP contribution is -2.41. The summed E-state index contributed by atoms with van der Waals surface area (Å²) in [5, 5.41) is 3.75. The Labute approximate surface area is 176 Å². The molecule has 0 spiro atoms. The zero-order chi connectivity index (χ0) is 18.8. The van der Waals surface area contributed by atoms with E-state index in [-0.39, 0.29) is 23.8 Å². The molecule has 2 nitrogen and oxygen atoms in total. The zero-order valence-electron chi connectivity index (χ0n) is 14.6. The van der Waals surface area contributed by atoms with Crippen LogP contribution in [0.1, 0.15) is 41.1 Å². The normalized spacial score (nSPS) is 22.6. The van der Waals surface area contributed by atoms with Gasteiger partial charge in [0.15, 0.2) is 0 Å². The Morgan fingerprint density at radius 3 is 1.85 bits per heavy atom. The monoisotopic (exact) mass is 483 g/mol. The smallest absolute Gasteiger partial charge is 0.144 e. The molecule has 1 aliphatic heterocycles. The summed E-state index contributed by atoms with van der Waals surface area (Å²) in [6, 6.07) is 26.5. The standard InChI is InChI=1S/C23H19Br2NO/c24-18-10-6-15(7-11-18)20-14-21(27)22(16-4-2-1-3-5-16)23(26-20)17-8-12-19(25)13-9-17/h1-13,20,22-23,26H,14H2/t20-,22+,23+/m0/s1. The number of Topliss-reactive ketones (excluding diaryl/α,β-unsaturated/α-hetero) is 1. The van der Waals surface area contributed by atoms with E-state index in [1.807, 2.05) is 42.5 Å². The minimum Gasteiger partial charge on any atom is -0.302 e. The van der Waals surface area contributed by atoms with E-state index in [1.165, 1.54) is 0 Å². The molecule has 4 heteroatoms. The maximum Gasteiger partial charge on any atom is 0.144 e. The van der Waals surface area contributed by atoms with Gasteiger partial charge >= 0.3 is 0 Å². The van der Waals surface area contributed by atoms with Crippen molar-refractivity contribution in [2.45, 2.75) is 24.4 Å². The molecule has 0 radical (unpaired) electrons. The van der Waals surface area contributed by atoms with Gasteiger partial charge < -0.3 is 5.32 Å². The lowest BCUT2D eigenvalue weighted by atomic mass is 9.77. The fraction of sp³-hybridized carbons (Fsp3) is 0.174. The van der Waals surface area contributed by atoms with Crippen LogP contribution >= 0.6 is 31.9 Å². The van der Waals surface area contributed by atoms with Gasteiger partial charge in [0.05, 0.1) is 5.92 Å². The molecular weight excluding hydrogens is 466 g/mol. The number of halogens is 2. The SMILES string of the molecule is O=C1C[C@@H](c2ccc(Br)cc2)N[C@H](c2ccc(Br)cc2)[C@@H]1c1ccccc1. The number of ketones is 1. The van der Waals surface area contributed by atoms with Gasteiger partial charge in [-0.3, -0.25) is 4.79 Å². The first-order valence-corrected chi connectivity index (χ1v) is 10.5. The fourth-order valence-corrected chi connectivity index (χ4v) is 4.32. The van der Waals surface area contributed by atoms with Gasteiger partial charge in [-0.05, 0) is 41.0 Å².